The molecule has 1 aliphatic rings. The summed E-state index contributed by atoms with van der Waals surface area (Å²) in [6.07, 6.45) is 0.764. The van der Waals surface area contributed by atoms with E-state index in [1.165, 1.54) is 0 Å². The zero-order valence-electron chi connectivity index (χ0n) is 15.4. The summed E-state index contributed by atoms with van der Waals surface area (Å²) < 4.78 is 10.8. The fraction of sp³-hybridized carbons (Fsp3) is 0.579. The molecule has 0 aliphatic carbocycles. The summed E-state index contributed by atoms with van der Waals surface area (Å²) >= 11 is 5.83. The molecule has 7 heteroatoms. The number of amides is 2. The van der Waals surface area contributed by atoms with Crippen LogP contribution >= 0.6 is 11.6 Å². The van der Waals surface area contributed by atoms with Crippen molar-refractivity contribution < 1.29 is 19.1 Å². The van der Waals surface area contributed by atoms with Crippen LogP contribution in [0.25, 0.3) is 0 Å². The molecule has 0 spiro atoms. The van der Waals surface area contributed by atoms with Gasteiger partial charge in [-0.05, 0) is 36.6 Å². The maximum absolute atomic E-state index is 12.4. The summed E-state index contributed by atoms with van der Waals surface area (Å²) in [5.41, 5.74) is 0. The zero-order chi connectivity index (χ0) is 18.9. The lowest BCUT2D eigenvalue weighted by molar-refractivity contribution is -0.131. The maximum atomic E-state index is 12.4. The highest BCUT2D eigenvalue weighted by Gasteiger charge is 2.22. The van der Waals surface area contributed by atoms with Gasteiger partial charge in [0.05, 0.1) is 19.6 Å². The van der Waals surface area contributed by atoms with Gasteiger partial charge < -0.3 is 19.3 Å². The summed E-state index contributed by atoms with van der Waals surface area (Å²) in [5, 5.41) is 0.648. The minimum atomic E-state index is -0.293. The van der Waals surface area contributed by atoms with Crippen LogP contribution in [-0.4, -0.2) is 61.2 Å². The molecular formula is C19H27ClN2O4. The first-order valence-corrected chi connectivity index (χ1v) is 9.41. The number of benzene rings is 1. The van der Waals surface area contributed by atoms with Gasteiger partial charge in [0.2, 0.25) is 5.91 Å². The largest absolute Gasteiger partial charge is 0.493 e. The molecule has 26 heavy (non-hydrogen) atoms. The molecule has 2 amide bonds. The number of carbonyl (C=O) groups is 2. The Morgan fingerprint density at radius 2 is 1.73 bits per heavy atom. The van der Waals surface area contributed by atoms with E-state index >= 15 is 0 Å². The highest BCUT2D eigenvalue weighted by molar-refractivity contribution is 6.30. The van der Waals surface area contributed by atoms with Crippen molar-refractivity contribution in [2.45, 2.75) is 26.7 Å². The molecule has 0 aromatic heterocycles. The van der Waals surface area contributed by atoms with Crippen molar-refractivity contribution in [3.8, 4) is 5.75 Å². The molecule has 0 atom stereocenters. The van der Waals surface area contributed by atoms with Gasteiger partial charge in [-0.3, -0.25) is 4.79 Å². The predicted molar refractivity (Wildman–Crippen MR) is 101 cm³/mol. The van der Waals surface area contributed by atoms with Crippen LogP contribution in [0.3, 0.4) is 0 Å². The molecule has 1 aromatic rings. The number of hydrogen-bond acceptors (Lipinski definition) is 4. The van der Waals surface area contributed by atoms with Crippen molar-refractivity contribution in [3.63, 3.8) is 0 Å². The molecule has 144 valence electrons. The molecule has 1 saturated heterocycles. The number of hydrogen-bond donors (Lipinski definition) is 0. The van der Waals surface area contributed by atoms with Gasteiger partial charge >= 0.3 is 6.09 Å². The Hall–Kier alpha value is -1.95. The third kappa shape index (κ3) is 6.75. The second kappa shape index (κ2) is 10.3. The van der Waals surface area contributed by atoms with Crippen molar-refractivity contribution in [3.05, 3.63) is 29.3 Å². The molecule has 1 aromatic carbocycles. The quantitative estimate of drug-likeness (QED) is 0.756. The molecule has 2 rings (SSSR count). The highest BCUT2D eigenvalue weighted by Crippen LogP contribution is 2.16. The van der Waals surface area contributed by atoms with E-state index in [-0.39, 0.29) is 12.0 Å². The minimum absolute atomic E-state index is 0.0383. The van der Waals surface area contributed by atoms with Gasteiger partial charge in [0.15, 0.2) is 0 Å². The highest BCUT2D eigenvalue weighted by atomic mass is 35.5. The number of nitrogens with zero attached hydrogens (tertiary/aromatic N) is 2. The Labute approximate surface area is 160 Å². The van der Waals surface area contributed by atoms with Crippen molar-refractivity contribution in [1.29, 1.82) is 0 Å². The monoisotopic (exact) mass is 382 g/mol. The van der Waals surface area contributed by atoms with E-state index in [0.717, 1.165) is 6.42 Å². The van der Waals surface area contributed by atoms with Crippen molar-refractivity contribution >= 4 is 23.6 Å². The number of halogens is 1. The third-order valence-corrected chi connectivity index (χ3v) is 4.30. The molecule has 1 heterocycles. The van der Waals surface area contributed by atoms with E-state index in [0.29, 0.717) is 62.5 Å². The summed E-state index contributed by atoms with van der Waals surface area (Å²) in [6, 6.07) is 7.06. The van der Waals surface area contributed by atoms with E-state index in [1.54, 1.807) is 34.1 Å². The molecule has 1 fully saturated rings. The standard InChI is InChI=1S/C19H27ClN2O4/c1-15(2)14-26-19(24)22-10-3-9-21(11-12-22)18(23)8-13-25-17-6-4-16(20)5-7-17/h4-7,15H,3,8-14H2,1-2H3. The van der Waals surface area contributed by atoms with Gasteiger partial charge in [-0.25, -0.2) is 4.79 Å². The van der Waals surface area contributed by atoms with E-state index in [2.05, 4.69) is 0 Å². The zero-order valence-corrected chi connectivity index (χ0v) is 16.2. The molecule has 0 radical (unpaired) electrons. The Morgan fingerprint density at radius 1 is 1.08 bits per heavy atom. The normalized spacial score (nSPS) is 14.9. The van der Waals surface area contributed by atoms with Crippen molar-refractivity contribution in [1.82, 2.24) is 9.80 Å². The van der Waals surface area contributed by atoms with Gasteiger partial charge in [-0.15, -0.1) is 0 Å². The fourth-order valence-corrected chi connectivity index (χ4v) is 2.75. The lowest BCUT2D eigenvalue weighted by Gasteiger charge is -2.22. The van der Waals surface area contributed by atoms with Crippen LogP contribution in [0.15, 0.2) is 24.3 Å². The lowest BCUT2D eigenvalue weighted by atomic mass is 10.2. The first kappa shape index (κ1) is 20.4. The van der Waals surface area contributed by atoms with Crippen LogP contribution in [0.2, 0.25) is 5.02 Å². The average Bonchev–Trinajstić information content (AvgIpc) is 2.87. The van der Waals surface area contributed by atoms with Gasteiger partial charge in [0.25, 0.3) is 0 Å². The second-order valence-electron chi connectivity index (χ2n) is 6.74. The van der Waals surface area contributed by atoms with Gasteiger partial charge in [-0.1, -0.05) is 25.4 Å². The van der Waals surface area contributed by atoms with Crippen molar-refractivity contribution in [2.75, 3.05) is 39.4 Å². The molecule has 1 aliphatic heterocycles. The number of carbonyl (C=O) groups excluding carboxylic acids is 2. The van der Waals surface area contributed by atoms with Crippen molar-refractivity contribution in [2.24, 2.45) is 5.92 Å². The summed E-state index contributed by atoms with van der Waals surface area (Å²) in [5.74, 6) is 1.04. The Kier molecular flexibility index (Phi) is 8.04. The SMILES string of the molecule is CC(C)COC(=O)N1CCCN(C(=O)CCOc2ccc(Cl)cc2)CC1. The average molecular weight is 383 g/mol. The lowest BCUT2D eigenvalue weighted by Crippen LogP contribution is -2.38. The third-order valence-electron chi connectivity index (χ3n) is 4.05. The van der Waals surface area contributed by atoms with Crippen LogP contribution in [0.5, 0.6) is 5.75 Å². The number of rotatable bonds is 6. The van der Waals surface area contributed by atoms with Gasteiger partial charge in [-0.2, -0.15) is 0 Å². The number of ether oxygens (including phenoxy) is 2. The van der Waals surface area contributed by atoms with Crippen LogP contribution < -0.4 is 4.74 Å². The summed E-state index contributed by atoms with van der Waals surface area (Å²) in [6.45, 7) is 7.02. The minimum Gasteiger partial charge on any atom is -0.493 e. The maximum Gasteiger partial charge on any atom is 0.409 e. The smallest absolute Gasteiger partial charge is 0.409 e. The summed E-state index contributed by atoms with van der Waals surface area (Å²) in [4.78, 5) is 27.9. The van der Waals surface area contributed by atoms with E-state index < -0.39 is 0 Å². The molecule has 0 saturated carbocycles. The molecule has 0 bridgehead atoms. The predicted octanol–water partition coefficient (Wildman–Crippen LogP) is 3.44. The van der Waals surface area contributed by atoms with E-state index in [1.807, 2.05) is 13.8 Å². The van der Waals surface area contributed by atoms with Gasteiger partial charge in [0.1, 0.15) is 5.75 Å². The van der Waals surface area contributed by atoms with Crippen LogP contribution in [0, 0.1) is 5.92 Å². The molecular weight excluding hydrogens is 356 g/mol. The van der Waals surface area contributed by atoms with Crippen LogP contribution in [-0.2, 0) is 9.53 Å². The first-order chi connectivity index (χ1) is 12.5. The van der Waals surface area contributed by atoms with Crippen LogP contribution in [0.1, 0.15) is 26.7 Å². The first-order valence-electron chi connectivity index (χ1n) is 9.03. The van der Waals surface area contributed by atoms with Gasteiger partial charge in [0, 0.05) is 31.2 Å². The second-order valence-corrected chi connectivity index (χ2v) is 7.18. The topological polar surface area (TPSA) is 59.1 Å². The fourth-order valence-electron chi connectivity index (χ4n) is 2.62. The molecule has 0 N–H and O–H groups in total. The Morgan fingerprint density at radius 3 is 2.42 bits per heavy atom. The van der Waals surface area contributed by atoms with E-state index in [4.69, 9.17) is 21.1 Å². The Bertz CT molecular complexity index is 592. The van der Waals surface area contributed by atoms with E-state index in [9.17, 15) is 9.59 Å². The summed E-state index contributed by atoms with van der Waals surface area (Å²) in [7, 11) is 0. The molecule has 6 nitrogen and oxygen atoms in total. The van der Waals surface area contributed by atoms with Crippen LogP contribution in [0.4, 0.5) is 4.79 Å². The Balaban J connectivity index is 1.72. The molecule has 0 unspecified atom stereocenters.